The summed E-state index contributed by atoms with van der Waals surface area (Å²) >= 11 is 0. The van der Waals surface area contributed by atoms with E-state index in [-0.39, 0.29) is 11.1 Å². The molecule has 0 heterocycles. The van der Waals surface area contributed by atoms with Gasteiger partial charge in [0.25, 0.3) is 5.92 Å². The lowest BCUT2D eigenvalue weighted by atomic mass is 10.0. The van der Waals surface area contributed by atoms with Crippen molar-refractivity contribution in [3.05, 3.63) is 34.9 Å². The van der Waals surface area contributed by atoms with Gasteiger partial charge in [-0.2, -0.15) is 5.26 Å². The highest BCUT2D eigenvalue weighted by atomic mass is 19.3. The summed E-state index contributed by atoms with van der Waals surface area (Å²) in [4.78, 5) is 0. The molecule has 3 heteroatoms. The summed E-state index contributed by atoms with van der Waals surface area (Å²) in [6.07, 6.45) is 0. The van der Waals surface area contributed by atoms with Crippen LogP contribution in [0.5, 0.6) is 0 Å². The molecular weight excluding hydrogens is 172 g/mol. The van der Waals surface area contributed by atoms with Crippen LogP contribution in [-0.2, 0) is 5.92 Å². The fourth-order valence-corrected chi connectivity index (χ4v) is 1.13. The number of alkyl halides is 2. The van der Waals surface area contributed by atoms with Crippen molar-refractivity contribution < 1.29 is 8.78 Å². The number of benzene rings is 1. The molecule has 1 nitrogen and oxygen atoms in total. The number of nitriles is 1. The smallest absolute Gasteiger partial charge is 0.202 e. The van der Waals surface area contributed by atoms with Crippen LogP contribution >= 0.6 is 0 Å². The minimum atomic E-state index is -2.95. The summed E-state index contributed by atoms with van der Waals surface area (Å²) in [6.45, 7) is 2.55. The molecule has 1 aromatic rings. The van der Waals surface area contributed by atoms with E-state index in [1.807, 2.05) is 0 Å². The zero-order valence-electron chi connectivity index (χ0n) is 7.44. The molecular formula is C10H9F2N. The maximum absolute atomic E-state index is 12.9. The maximum Gasteiger partial charge on any atom is 0.271 e. The Morgan fingerprint density at radius 1 is 1.38 bits per heavy atom. The minimum Gasteiger partial charge on any atom is -0.202 e. The van der Waals surface area contributed by atoms with Gasteiger partial charge >= 0.3 is 0 Å². The largest absolute Gasteiger partial charge is 0.271 e. The molecule has 1 rings (SSSR count). The lowest BCUT2D eigenvalue weighted by molar-refractivity contribution is 0.0172. The van der Waals surface area contributed by atoms with E-state index >= 15 is 0 Å². The maximum atomic E-state index is 12.9. The van der Waals surface area contributed by atoms with Gasteiger partial charge in [-0.05, 0) is 18.6 Å². The van der Waals surface area contributed by atoms with Crippen molar-refractivity contribution in [1.82, 2.24) is 0 Å². The van der Waals surface area contributed by atoms with Crippen molar-refractivity contribution in [3.63, 3.8) is 0 Å². The summed E-state index contributed by atoms with van der Waals surface area (Å²) in [5.41, 5.74) is 0.651. The molecule has 0 aliphatic carbocycles. The number of halogens is 2. The number of hydrogen-bond donors (Lipinski definition) is 0. The number of hydrogen-bond acceptors (Lipinski definition) is 1. The second-order valence-corrected chi connectivity index (χ2v) is 3.05. The van der Waals surface area contributed by atoms with Crippen LogP contribution in [0.4, 0.5) is 8.78 Å². The molecule has 0 N–H and O–H groups in total. The number of nitrogens with zero attached hydrogens (tertiary/aromatic N) is 1. The van der Waals surface area contributed by atoms with E-state index in [9.17, 15) is 8.78 Å². The van der Waals surface area contributed by atoms with Gasteiger partial charge in [-0.1, -0.05) is 12.1 Å². The van der Waals surface area contributed by atoms with Gasteiger partial charge in [0, 0.05) is 12.5 Å². The zero-order chi connectivity index (χ0) is 10.1. The van der Waals surface area contributed by atoms with Crippen LogP contribution in [0.1, 0.15) is 23.6 Å². The summed E-state index contributed by atoms with van der Waals surface area (Å²) in [6, 6.07) is 6.10. The van der Waals surface area contributed by atoms with Crippen molar-refractivity contribution in [2.45, 2.75) is 19.8 Å². The van der Waals surface area contributed by atoms with E-state index in [1.54, 1.807) is 19.1 Å². The first-order chi connectivity index (χ1) is 5.95. The van der Waals surface area contributed by atoms with Crippen LogP contribution < -0.4 is 0 Å². The van der Waals surface area contributed by atoms with E-state index in [0.717, 1.165) is 12.5 Å². The Morgan fingerprint density at radius 2 is 2.00 bits per heavy atom. The Labute approximate surface area is 75.6 Å². The van der Waals surface area contributed by atoms with E-state index in [2.05, 4.69) is 0 Å². The second-order valence-electron chi connectivity index (χ2n) is 3.05. The molecule has 1 aromatic carbocycles. The third kappa shape index (κ3) is 2.03. The highest BCUT2D eigenvalue weighted by Gasteiger charge is 2.27. The van der Waals surface area contributed by atoms with Gasteiger partial charge in [-0.3, -0.25) is 0 Å². The molecule has 13 heavy (non-hydrogen) atoms. The van der Waals surface area contributed by atoms with Crippen LogP contribution in [0.25, 0.3) is 0 Å². The van der Waals surface area contributed by atoms with Crippen LogP contribution in [0.2, 0.25) is 0 Å². The first kappa shape index (κ1) is 9.66. The molecule has 0 aromatic heterocycles. The highest BCUT2D eigenvalue weighted by molar-refractivity contribution is 5.42. The predicted molar refractivity (Wildman–Crippen MR) is 45.5 cm³/mol. The van der Waals surface area contributed by atoms with Crippen molar-refractivity contribution in [3.8, 4) is 6.07 Å². The van der Waals surface area contributed by atoms with Crippen LogP contribution in [0.15, 0.2) is 18.2 Å². The molecule has 0 saturated heterocycles. The molecule has 0 amide bonds. The average molecular weight is 181 g/mol. The van der Waals surface area contributed by atoms with Gasteiger partial charge in [0.15, 0.2) is 0 Å². The standard InChI is InChI=1S/C10H9F2N/c1-7-3-4-9(10(2,11)12)8(5-7)6-13/h3-5H,1-2H3. The van der Waals surface area contributed by atoms with Crippen molar-refractivity contribution in [1.29, 1.82) is 5.26 Å². The van der Waals surface area contributed by atoms with Gasteiger partial charge in [0.05, 0.1) is 11.6 Å². The van der Waals surface area contributed by atoms with E-state index in [4.69, 9.17) is 5.26 Å². The summed E-state index contributed by atoms with van der Waals surface area (Å²) in [5.74, 6) is -2.95. The second kappa shape index (κ2) is 3.14. The third-order valence-electron chi connectivity index (χ3n) is 1.77. The Balaban J connectivity index is 3.32. The molecule has 0 fully saturated rings. The normalized spacial score (nSPS) is 11.0. The SMILES string of the molecule is Cc1ccc(C(C)(F)F)c(C#N)c1. The first-order valence-electron chi connectivity index (χ1n) is 3.84. The van der Waals surface area contributed by atoms with E-state index < -0.39 is 5.92 Å². The molecule has 0 saturated carbocycles. The predicted octanol–water partition coefficient (Wildman–Crippen LogP) is 2.98. The van der Waals surface area contributed by atoms with Crippen molar-refractivity contribution in [2.75, 3.05) is 0 Å². The van der Waals surface area contributed by atoms with E-state index in [0.29, 0.717) is 0 Å². The molecule has 0 aliphatic heterocycles. The topological polar surface area (TPSA) is 23.8 Å². The molecule has 68 valence electrons. The van der Waals surface area contributed by atoms with Crippen LogP contribution in [-0.4, -0.2) is 0 Å². The Bertz CT molecular complexity index is 358. The van der Waals surface area contributed by atoms with Gasteiger partial charge < -0.3 is 0 Å². The summed E-state index contributed by atoms with van der Waals surface area (Å²) < 4.78 is 25.8. The Hall–Kier alpha value is -1.43. The minimum absolute atomic E-state index is 0.0486. The van der Waals surface area contributed by atoms with Gasteiger partial charge in [-0.25, -0.2) is 8.78 Å². The van der Waals surface area contributed by atoms with Crippen LogP contribution in [0, 0.1) is 18.3 Å². The van der Waals surface area contributed by atoms with E-state index in [1.165, 1.54) is 12.1 Å². The fraction of sp³-hybridized carbons (Fsp3) is 0.300. The fourth-order valence-electron chi connectivity index (χ4n) is 1.13. The van der Waals surface area contributed by atoms with Crippen molar-refractivity contribution >= 4 is 0 Å². The first-order valence-corrected chi connectivity index (χ1v) is 3.84. The molecule has 0 bridgehead atoms. The summed E-state index contributed by atoms with van der Waals surface area (Å²) in [7, 11) is 0. The Morgan fingerprint density at radius 3 is 2.46 bits per heavy atom. The molecule has 0 spiro atoms. The average Bonchev–Trinajstić information content (AvgIpc) is 2.01. The molecule has 0 unspecified atom stereocenters. The quantitative estimate of drug-likeness (QED) is 0.653. The van der Waals surface area contributed by atoms with Gasteiger partial charge in [-0.15, -0.1) is 0 Å². The lowest BCUT2D eigenvalue weighted by Crippen LogP contribution is -2.09. The lowest BCUT2D eigenvalue weighted by Gasteiger charge is -2.12. The molecule has 0 atom stereocenters. The van der Waals surface area contributed by atoms with Gasteiger partial charge in [0.2, 0.25) is 0 Å². The molecule has 0 radical (unpaired) electrons. The molecule has 0 aliphatic rings. The summed E-state index contributed by atoms with van der Waals surface area (Å²) in [5, 5.41) is 8.62. The number of aryl methyl sites for hydroxylation is 1. The van der Waals surface area contributed by atoms with Gasteiger partial charge in [0.1, 0.15) is 0 Å². The number of rotatable bonds is 1. The van der Waals surface area contributed by atoms with Crippen molar-refractivity contribution in [2.24, 2.45) is 0 Å². The monoisotopic (exact) mass is 181 g/mol. The third-order valence-corrected chi connectivity index (χ3v) is 1.77. The van der Waals surface area contributed by atoms with Crippen LogP contribution in [0.3, 0.4) is 0 Å². The Kier molecular flexibility index (Phi) is 2.33. The highest BCUT2D eigenvalue weighted by Crippen LogP contribution is 2.29. The zero-order valence-corrected chi connectivity index (χ0v) is 7.44.